The van der Waals surface area contributed by atoms with Gasteiger partial charge >= 0.3 is 0 Å². The Morgan fingerprint density at radius 1 is 0.923 bits per heavy atom. The monoisotopic (exact) mass is 354 g/mol. The number of nitrogens with one attached hydrogen (secondary N) is 2. The zero-order valence-corrected chi connectivity index (χ0v) is 16.1. The fourth-order valence-electron chi connectivity index (χ4n) is 1.99. The van der Waals surface area contributed by atoms with E-state index in [0.29, 0.717) is 30.7 Å². The van der Waals surface area contributed by atoms with Gasteiger partial charge in [-0.25, -0.2) is 0 Å². The van der Waals surface area contributed by atoms with Crippen molar-refractivity contribution in [2.75, 3.05) is 13.1 Å². The maximum absolute atomic E-state index is 12.3. The first-order valence-electron chi connectivity index (χ1n) is 8.59. The first-order valence-corrected chi connectivity index (χ1v) is 8.59. The van der Waals surface area contributed by atoms with E-state index in [1.807, 2.05) is 38.2 Å². The molecular weight excluding hydrogens is 324 g/mol. The van der Waals surface area contributed by atoms with Crippen molar-refractivity contribution in [1.82, 2.24) is 10.6 Å². The average Bonchev–Trinajstić information content (AvgIpc) is 2.63. The van der Waals surface area contributed by atoms with E-state index in [4.69, 9.17) is 0 Å². The summed E-state index contributed by atoms with van der Waals surface area (Å²) in [5, 5.41) is 5.56. The van der Waals surface area contributed by atoms with Crippen LogP contribution in [0.5, 0.6) is 0 Å². The minimum atomic E-state index is -0.200. The van der Waals surface area contributed by atoms with Gasteiger partial charge in [0.25, 0.3) is 5.91 Å². The Labute approximate surface area is 157 Å². The fraction of sp³-hybridized carbons (Fsp3) is 0.273. The maximum Gasteiger partial charge on any atom is 0.251 e. The summed E-state index contributed by atoms with van der Waals surface area (Å²) in [4.78, 5) is 23.7. The molecule has 0 aliphatic carbocycles. The summed E-state index contributed by atoms with van der Waals surface area (Å²) in [5.74, 6) is -0.374. The SMILES string of the molecule is C=C\C=C/C(=C\C)C(=C\C)/C=C(\C=C)C(=O)NCCCNC(=O)C(=C)C. The minimum absolute atomic E-state index is 0.174. The molecule has 2 amide bonds. The second kappa shape index (κ2) is 13.4. The standard InChI is InChI=1S/C22H30N2O2/c1-7-11-13-18(8-2)19(9-3)16-20(10-4)22(26)24-15-12-14-23-21(25)17(5)6/h7-11,13,16H,1,4-5,12,14-15H2,2-3,6H3,(H,23,25)(H,24,26)/b13-11-,18-8+,19-9-,20-16+. The highest BCUT2D eigenvalue weighted by atomic mass is 16.2. The van der Waals surface area contributed by atoms with Crippen LogP contribution < -0.4 is 10.6 Å². The van der Waals surface area contributed by atoms with Crippen LogP contribution in [0.25, 0.3) is 0 Å². The highest BCUT2D eigenvalue weighted by molar-refractivity contribution is 5.96. The van der Waals surface area contributed by atoms with Crippen LogP contribution in [0.4, 0.5) is 0 Å². The summed E-state index contributed by atoms with van der Waals surface area (Å²) in [5.41, 5.74) is 2.86. The van der Waals surface area contributed by atoms with Gasteiger partial charge in [0.1, 0.15) is 0 Å². The number of amides is 2. The predicted molar refractivity (Wildman–Crippen MR) is 111 cm³/mol. The lowest BCUT2D eigenvalue weighted by Crippen LogP contribution is -2.30. The van der Waals surface area contributed by atoms with Crippen LogP contribution >= 0.6 is 0 Å². The number of hydrogen-bond donors (Lipinski definition) is 2. The molecule has 0 spiro atoms. The Morgan fingerprint density at radius 2 is 1.50 bits per heavy atom. The molecule has 0 bridgehead atoms. The largest absolute Gasteiger partial charge is 0.352 e. The van der Waals surface area contributed by atoms with Crippen LogP contribution in [0.15, 0.2) is 84.6 Å². The molecule has 0 aliphatic heterocycles. The Bertz CT molecular complexity index is 662. The summed E-state index contributed by atoms with van der Waals surface area (Å²) in [7, 11) is 0. The van der Waals surface area contributed by atoms with Gasteiger partial charge in [0.05, 0.1) is 0 Å². The van der Waals surface area contributed by atoms with Crippen LogP contribution in [0.1, 0.15) is 27.2 Å². The van der Waals surface area contributed by atoms with E-state index < -0.39 is 0 Å². The molecule has 0 unspecified atom stereocenters. The van der Waals surface area contributed by atoms with Crippen LogP contribution in [0, 0.1) is 0 Å². The lowest BCUT2D eigenvalue weighted by molar-refractivity contribution is -0.117. The van der Waals surface area contributed by atoms with Crippen molar-refractivity contribution >= 4 is 11.8 Å². The average molecular weight is 354 g/mol. The summed E-state index contributed by atoms with van der Waals surface area (Å²) >= 11 is 0. The predicted octanol–water partition coefficient (Wildman–Crippen LogP) is 3.93. The van der Waals surface area contributed by atoms with E-state index in [-0.39, 0.29) is 11.8 Å². The molecule has 0 saturated heterocycles. The molecule has 2 N–H and O–H groups in total. The van der Waals surface area contributed by atoms with E-state index in [1.54, 1.807) is 19.1 Å². The van der Waals surface area contributed by atoms with Crippen molar-refractivity contribution in [2.24, 2.45) is 0 Å². The van der Waals surface area contributed by atoms with Gasteiger partial charge in [-0.2, -0.15) is 0 Å². The lowest BCUT2D eigenvalue weighted by Gasteiger charge is -2.09. The van der Waals surface area contributed by atoms with Gasteiger partial charge in [-0.3, -0.25) is 9.59 Å². The summed E-state index contributed by atoms with van der Waals surface area (Å²) in [6.07, 6.45) is 13.4. The van der Waals surface area contributed by atoms with Crippen LogP contribution in [-0.2, 0) is 9.59 Å². The Morgan fingerprint density at radius 3 is 1.96 bits per heavy atom. The molecular formula is C22H30N2O2. The second-order valence-electron chi connectivity index (χ2n) is 5.53. The molecule has 26 heavy (non-hydrogen) atoms. The zero-order chi connectivity index (χ0) is 19.9. The van der Waals surface area contributed by atoms with E-state index in [1.165, 1.54) is 6.08 Å². The Hall–Kier alpha value is -2.88. The van der Waals surface area contributed by atoms with Gasteiger partial charge in [-0.1, -0.05) is 56.2 Å². The van der Waals surface area contributed by atoms with Crippen LogP contribution in [0.3, 0.4) is 0 Å². The van der Waals surface area contributed by atoms with Gasteiger partial charge in [0.2, 0.25) is 5.91 Å². The van der Waals surface area contributed by atoms with Gasteiger partial charge in [-0.05, 0) is 44.4 Å². The highest BCUT2D eigenvalue weighted by Crippen LogP contribution is 2.16. The molecule has 0 heterocycles. The first kappa shape index (κ1) is 23.1. The number of hydrogen-bond acceptors (Lipinski definition) is 2. The molecule has 4 heteroatoms. The van der Waals surface area contributed by atoms with Crippen molar-refractivity contribution in [3.63, 3.8) is 0 Å². The van der Waals surface area contributed by atoms with Crippen molar-refractivity contribution in [2.45, 2.75) is 27.2 Å². The molecule has 0 aromatic carbocycles. The Kier molecular flexibility index (Phi) is 11.9. The number of carbonyl (C=O) groups is 2. The molecule has 0 atom stereocenters. The quantitative estimate of drug-likeness (QED) is 0.335. The summed E-state index contributed by atoms with van der Waals surface area (Å²) < 4.78 is 0. The highest BCUT2D eigenvalue weighted by Gasteiger charge is 2.07. The maximum atomic E-state index is 12.3. The van der Waals surface area contributed by atoms with Gasteiger partial charge in [-0.15, -0.1) is 0 Å². The smallest absolute Gasteiger partial charge is 0.251 e. The van der Waals surface area contributed by atoms with Gasteiger partial charge in [0.15, 0.2) is 0 Å². The molecule has 0 radical (unpaired) electrons. The normalized spacial score (nSPS) is 12.7. The molecule has 0 saturated carbocycles. The first-order chi connectivity index (χ1) is 12.4. The molecule has 140 valence electrons. The van der Waals surface area contributed by atoms with E-state index in [0.717, 1.165) is 11.1 Å². The third-order valence-corrected chi connectivity index (χ3v) is 3.47. The molecule has 0 rings (SSSR count). The third kappa shape index (κ3) is 8.83. The number of allylic oxidation sites excluding steroid dienone is 8. The topological polar surface area (TPSA) is 58.2 Å². The third-order valence-electron chi connectivity index (χ3n) is 3.47. The fourth-order valence-corrected chi connectivity index (χ4v) is 1.99. The van der Waals surface area contributed by atoms with Crippen molar-refractivity contribution in [3.05, 3.63) is 84.6 Å². The lowest BCUT2D eigenvalue weighted by atomic mass is 10.0. The van der Waals surface area contributed by atoms with Crippen molar-refractivity contribution in [3.8, 4) is 0 Å². The molecule has 0 fully saturated rings. The zero-order valence-electron chi connectivity index (χ0n) is 16.1. The molecule has 0 aromatic rings. The minimum Gasteiger partial charge on any atom is -0.352 e. The number of carbonyl (C=O) groups excluding carboxylic acids is 2. The molecule has 4 nitrogen and oxygen atoms in total. The van der Waals surface area contributed by atoms with Crippen LogP contribution in [0.2, 0.25) is 0 Å². The van der Waals surface area contributed by atoms with Crippen LogP contribution in [-0.4, -0.2) is 24.9 Å². The molecule has 0 aliphatic rings. The number of rotatable bonds is 11. The van der Waals surface area contributed by atoms with Gasteiger partial charge in [0, 0.05) is 24.2 Å². The van der Waals surface area contributed by atoms with E-state index in [9.17, 15) is 9.59 Å². The van der Waals surface area contributed by atoms with Crippen molar-refractivity contribution in [1.29, 1.82) is 0 Å². The second-order valence-corrected chi connectivity index (χ2v) is 5.53. The van der Waals surface area contributed by atoms with E-state index >= 15 is 0 Å². The summed E-state index contributed by atoms with van der Waals surface area (Å²) in [6, 6.07) is 0. The summed E-state index contributed by atoms with van der Waals surface area (Å²) in [6.45, 7) is 17.4. The Balaban J connectivity index is 4.81. The van der Waals surface area contributed by atoms with Crippen molar-refractivity contribution < 1.29 is 9.59 Å². The van der Waals surface area contributed by atoms with Gasteiger partial charge < -0.3 is 10.6 Å². The molecule has 0 aromatic heterocycles. The van der Waals surface area contributed by atoms with E-state index in [2.05, 4.69) is 30.4 Å².